The van der Waals surface area contributed by atoms with Crippen molar-refractivity contribution in [3.8, 4) is 0 Å². The fourth-order valence-electron chi connectivity index (χ4n) is 4.03. The van der Waals surface area contributed by atoms with E-state index in [1.165, 1.54) is 16.1 Å². The zero-order valence-corrected chi connectivity index (χ0v) is 20.7. The molecule has 1 N–H and O–H groups in total. The lowest BCUT2D eigenvalue weighted by Gasteiger charge is -2.26. The van der Waals surface area contributed by atoms with Gasteiger partial charge in [-0.25, -0.2) is 8.42 Å². The van der Waals surface area contributed by atoms with E-state index < -0.39 is 10.0 Å². The number of amides is 1. The van der Waals surface area contributed by atoms with Gasteiger partial charge in [-0.2, -0.15) is 0 Å². The van der Waals surface area contributed by atoms with Crippen LogP contribution >= 0.6 is 0 Å². The van der Waals surface area contributed by atoms with E-state index in [1.54, 1.807) is 0 Å². The van der Waals surface area contributed by atoms with Gasteiger partial charge in [-0.3, -0.25) is 14.0 Å². The third kappa shape index (κ3) is 8.14. The van der Waals surface area contributed by atoms with Gasteiger partial charge in [0.15, 0.2) is 0 Å². The maximum atomic E-state index is 12.3. The van der Waals surface area contributed by atoms with Crippen molar-refractivity contribution in [3.63, 3.8) is 0 Å². The fourth-order valence-corrected chi connectivity index (χ4v) is 4.98. The van der Waals surface area contributed by atoms with Gasteiger partial charge in [0, 0.05) is 39.1 Å². The molecule has 0 unspecified atom stereocenters. The summed E-state index contributed by atoms with van der Waals surface area (Å²) < 4.78 is 31.4. The lowest BCUT2D eigenvalue weighted by molar-refractivity contribution is -0.121. The summed E-state index contributed by atoms with van der Waals surface area (Å²) in [6.45, 7) is 9.02. The minimum absolute atomic E-state index is 0.0822. The largest absolute Gasteiger partial charge is 0.379 e. The van der Waals surface area contributed by atoms with Crippen LogP contribution in [0.1, 0.15) is 35.1 Å². The summed E-state index contributed by atoms with van der Waals surface area (Å²) in [6.07, 6.45) is 1.92. The van der Waals surface area contributed by atoms with Crippen molar-refractivity contribution in [2.45, 2.75) is 39.8 Å². The molecule has 1 aliphatic rings. The van der Waals surface area contributed by atoms with E-state index in [-0.39, 0.29) is 18.9 Å². The number of morpholine rings is 1. The highest BCUT2D eigenvalue weighted by molar-refractivity contribution is 7.92. The molecule has 0 saturated carbocycles. The Balaban J connectivity index is 1.45. The first-order valence-electron chi connectivity index (χ1n) is 11.4. The van der Waals surface area contributed by atoms with Crippen LogP contribution in [0.5, 0.6) is 0 Å². The van der Waals surface area contributed by atoms with E-state index in [1.807, 2.05) is 44.2 Å². The molecule has 2 aromatic rings. The monoisotopic (exact) mass is 473 g/mol. The molecule has 1 saturated heterocycles. The molecule has 0 bridgehead atoms. The molecule has 1 aliphatic heterocycles. The molecule has 33 heavy (non-hydrogen) atoms. The number of rotatable bonds is 10. The predicted molar refractivity (Wildman–Crippen MR) is 132 cm³/mol. The Morgan fingerprint density at radius 2 is 1.64 bits per heavy atom. The molecule has 1 fully saturated rings. The van der Waals surface area contributed by atoms with E-state index in [9.17, 15) is 13.2 Å². The van der Waals surface area contributed by atoms with E-state index in [0.717, 1.165) is 49.5 Å². The number of carbonyl (C=O) groups excluding carboxylic acids is 1. The fraction of sp³-hybridized carbons (Fsp3) is 0.480. The first kappa shape index (κ1) is 25.2. The number of carbonyl (C=O) groups is 1. The van der Waals surface area contributed by atoms with Crippen molar-refractivity contribution in [2.24, 2.45) is 0 Å². The predicted octanol–water partition coefficient (Wildman–Crippen LogP) is 3.00. The SMILES string of the molecule is Cc1cc(C)cc(N(CCCC(=O)NCc2ccc(CN3CCOCC3)cc2)S(C)(=O)=O)c1. The number of hydrogen-bond donors (Lipinski definition) is 1. The Labute approximate surface area is 197 Å². The average molecular weight is 474 g/mol. The Hall–Kier alpha value is -2.42. The quantitative estimate of drug-likeness (QED) is 0.574. The smallest absolute Gasteiger partial charge is 0.232 e. The molecule has 1 amide bonds. The first-order chi connectivity index (χ1) is 15.7. The molecule has 0 aliphatic carbocycles. The maximum absolute atomic E-state index is 12.3. The number of anilines is 1. The van der Waals surface area contributed by atoms with Gasteiger partial charge >= 0.3 is 0 Å². The summed E-state index contributed by atoms with van der Waals surface area (Å²) in [5.41, 5.74) is 4.95. The molecule has 1 heterocycles. The van der Waals surface area contributed by atoms with Crippen LogP contribution in [0.15, 0.2) is 42.5 Å². The third-order valence-corrected chi connectivity index (χ3v) is 6.88. The zero-order valence-electron chi connectivity index (χ0n) is 19.8. The van der Waals surface area contributed by atoms with Crippen molar-refractivity contribution in [1.29, 1.82) is 0 Å². The number of benzene rings is 2. The number of hydrogen-bond acceptors (Lipinski definition) is 5. The normalized spacial score (nSPS) is 14.8. The highest BCUT2D eigenvalue weighted by atomic mass is 32.2. The topological polar surface area (TPSA) is 79.0 Å². The molecule has 8 heteroatoms. The minimum Gasteiger partial charge on any atom is -0.379 e. The van der Waals surface area contributed by atoms with Gasteiger partial charge in [-0.15, -0.1) is 0 Å². The van der Waals surface area contributed by atoms with Crippen molar-refractivity contribution >= 4 is 21.6 Å². The average Bonchev–Trinajstić information content (AvgIpc) is 2.75. The summed E-state index contributed by atoms with van der Waals surface area (Å²) in [4.78, 5) is 14.7. The lowest BCUT2D eigenvalue weighted by atomic mass is 10.1. The van der Waals surface area contributed by atoms with Crippen LogP contribution in [-0.4, -0.2) is 58.3 Å². The molecule has 180 valence electrons. The first-order valence-corrected chi connectivity index (χ1v) is 13.3. The molecular formula is C25H35N3O4S. The molecule has 0 radical (unpaired) electrons. The Kier molecular flexibility index (Phi) is 8.88. The van der Waals surface area contributed by atoms with E-state index in [0.29, 0.717) is 18.7 Å². The number of aryl methyl sites for hydroxylation is 2. The van der Waals surface area contributed by atoms with E-state index in [4.69, 9.17) is 4.74 Å². The van der Waals surface area contributed by atoms with Crippen LogP contribution in [0.25, 0.3) is 0 Å². The second-order valence-electron chi connectivity index (χ2n) is 8.77. The molecule has 0 spiro atoms. The van der Waals surface area contributed by atoms with Crippen LogP contribution < -0.4 is 9.62 Å². The van der Waals surface area contributed by atoms with E-state index >= 15 is 0 Å². The highest BCUT2D eigenvalue weighted by Gasteiger charge is 2.18. The highest BCUT2D eigenvalue weighted by Crippen LogP contribution is 2.22. The van der Waals surface area contributed by atoms with Crippen LogP contribution in [0, 0.1) is 13.8 Å². The van der Waals surface area contributed by atoms with Gasteiger partial charge in [0.25, 0.3) is 0 Å². The van der Waals surface area contributed by atoms with Gasteiger partial charge in [0.1, 0.15) is 0 Å². The third-order valence-electron chi connectivity index (χ3n) is 5.68. The summed E-state index contributed by atoms with van der Waals surface area (Å²) in [5, 5.41) is 2.94. The number of ether oxygens (including phenoxy) is 1. The van der Waals surface area contributed by atoms with Crippen molar-refractivity contribution in [1.82, 2.24) is 10.2 Å². The Morgan fingerprint density at radius 3 is 2.24 bits per heavy atom. The van der Waals surface area contributed by atoms with Gasteiger partial charge in [-0.1, -0.05) is 30.3 Å². The van der Waals surface area contributed by atoms with Crippen LogP contribution in [0.4, 0.5) is 5.69 Å². The van der Waals surface area contributed by atoms with Crippen molar-refractivity contribution in [3.05, 3.63) is 64.7 Å². The summed E-state index contributed by atoms with van der Waals surface area (Å²) >= 11 is 0. The van der Waals surface area contributed by atoms with Gasteiger partial charge in [0.2, 0.25) is 15.9 Å². The van der Waals surface area contributed by atoms with Crippen molar-refractivity contribution in [2.75, 3.05) is 43.4 Å². The number of nitrogens with zero attached hydrogens (tertiary/aromatic N) is 2. The van der Waals surface area contributed by atoms with Gasteiger partial charge in [-0.05, 0) is 54.7 Å². The molecular weight excluding hydrogens is 438 g/mol. The number of nitrogens with one attached hydrogen (secondary N) is 1. The molecule has 0 atom stereocenters. The van der Waals surface area contributed by atoms with Crippen molar-refractivity contribution < 1.29 is 17.9 Å². The molecule has 7 nitrogen and oxygen atoms in total. The Bertz CT molecular complexity index is 1010. The lowest BCUT2D eigenvalue weighted by Crippen LogP contribution is -2.35. The van der Waals surface area contributed by atoms with Gasteiger partial charge < -0.3 is 10.1 Å². The van der Waals surface area contributed by atoms with E-state index in [2.05, 4.69) is 22.3 Å². The van der Waals surface area contributed by atoms with Crippen LogP contribution in [-0.2, 0) is 32.6 Å². The standard InChI is InChI=1S/C25H35N3O4S/c1-20-15-21(2)17-24(16-20)28(33(3,30)31)10-4-5-25(29)26-18-22-6-8-23(9-7-22)19-27-11-13-32-14-12-27/h6-9,15-17H,4-5,10-14,18-19H2,1-3H3,(H,26,29). The second-order valence-corrected chi connectivity index (χ2v) is 10.7. The minimum atomic E-state index is -3.43. The second kappa shape index (κ2) is 11.6. The van der Waals surface area contributed by atoms with Crippen LogP contribution in [0.2, 0.25) is 0 Å². The Morgan fingerprint density at radius 1 is 1.03 bits per heavy atom. The molecule has 3 rings (SSSR count). The summed E-state index contributed by atoms with van der Waals surface area (Å²) in [6, 6.07) is 14.0. The van der Waals surface area contributed by atoms with Crippen LogP contribution in [0.3, 0.4) is 0 Å². The molecule has 0 aromatic heterocycles. The number of sulfonamides is 1. The van der Waals surface area contributed by atoms with Gasteiger partial charge in [0.05, 0.1) is 25.2 Å². The summed E-state index contributed by atoms with van der Waals surface area (Å²) in [5.74, 6) is -0.0822. The maximum Gasteiger partial charge on any atom is 0.232 e. The zero-order chi connectivity index (χ0) is 23.8. The molecule has 2 aromatic carbocycles. The summed E-state index contributed by atoms with van der Waals surface area (Å²) in [7, 11) is -3.43.